The van der Waals surface area contributed by atoms with E-state index in [0.717, 1.165) is 0 Å². The van der Waals surface area contributed by atoms with Crippen LogP contribution in [0.2, 0.25) is 0 Å². The fraction of sp³-hybridized carbons (Fsp3) is 0.438. The Balaban J connectivity index is 2.60. The van der Waals surface area contributed by atoms with Crippen LogP contribution < -0.4 is 20.9 Å². The number of carbonyl (C=O) groups is 3. The second-order valence-corrected chi connectivity index (χ2v) is 5.32. The molecule has 0 aliphatic carbocycles. The highest BCUT2D eigenvalue weighted by molar-refractivity contribution is 5.96. The standard InChI is InChI=1S/C16H23N3O4/c1-5-23-13-8-6-12(7-9-13)15(21)18-19-16(22)14(10(2)3)17-11(4)20/h6-10,14H,5H2,1-4H3,(H,17,20)(H,18,21)(H,19,22)/t14-/m0/s1. The lowest BCUT2D eigenvalue weighted by atomic mass is 10.0. The van der Waals surface area contributed by atoms with E-state index < -0.39 is 17.9 Å². The highest BCUT2D eigenvalue weighted by atomic mass is 16.5. The van der Waals surface area contributed by atoms with Crippen LogP contribution in [-0.2, 0) is 9.59 Å². The van der Waals surface area contributed by atoms with Gasteiger partial charge in [-0.2, -0.15) is 0 Å². The van der Waals surface area contributed by atoms with E-state index in [-0.39, 0.29) is 11.8 Å². The maximum Gasteiger partial charge on any atom is 0.269 e. The number of amides is 3. The molecule has 0 bridgehead atoms. The van der Waals surface area contributed by atoms with Crippen molar-refractivity contribution in [1.82, 2.24) is 16.2 Å². The van der Waals surface area contributed by atoms with Gasteiger partial charge in [-0.1, -0.05) is 13.8 Å². The Labute approximate surface area is 135 Å². The molecule has 0 saturated carbocycles. The molecule has 126 valence electrons. The van der Waals surface area contributed by atoms with Crippen LogP contribution in [0.25, 0.3) is 0 Å². The lowest BCUT2D eigenvalue weighted by Crippen LogP contribution is -2.54. The molecule has 7 heteroatoms. The fourth-order valence-electron chi connectivity index (χ4n) is 1.89. The molecule has 0 heterocycles. The minimum atomic E-state index is -0.715. The Morgan fingerprint density at radius 3 is 2.17 bits per heavy atom. The van der Waals surface area contributed by atoms with Crippen molar-refractivity contribution < 1.29 is 19.1 Å². The van der Waals surface area contributed by atoms with Crippen LogP contribution in [0.3, 0.4) is 0 Å². The number of hydrogen-bond acceptors (Lipinski definition) is 4. The van der Waals surface area contributed by atoms with Gasteiger partial charge >= 0.3 is 0 Å². The third kappa shape index (κ3) is 5.98. The zero-order chi connectivity index (χ0) is 17.4. The topological polar surface area (TPSA) is 96.5 Å². The van der Waals surface area contributed by atoms with Gasteiger partial charge in [-0.15, -0.1) is 0 Å². The van der Waals surface area contributed by atoms with Gasteiger partial charge in [-0.25, -0.2) is 0 Å². The predicted octanol–water partition coefficient (Wildman–Crippen LogP) is 1.01. The maximum absolute atomic E-state index is 12.0. The molecule has 1 atom stereocenters. The Bertz CT molecular complexity index is 555. The first-order chi connectivity index (χ1) is 10.8. The molecule has 1 aromatic rings. The highest BCUT2D eigenvalue weighted by Gasteiger charge is 2.23. The Morgan fingerprint density at radius 1 is 1.09 bits per heavy atom. The monoisotopic (exact) mass is 321 g/mol. The quantitative estimate of drug-likeness (QED) is 0.681. The molecule has 1 rings (SSSR count). The van der Waals surface area contributed by atoms with Crippen LogP contribution in [0, 0.1) is 5.92 Å². The predicted molar refractivity (Wildman–Crippen MR) is 85.7 cm³/mol. The van der Waals surface area contributed by atoms with Crippen molar-refractivity contribution in [3.63, 3.8) is 0 Å². The minimum absolute atomic E-state index is 0.110. The summed E-state index contributed by atoms with van der Waals surface area (Å²) in [5, 5.41) is 2.55. The van der Waals surface area contributed by atoms with E-state index in [0.29, 0.717) is 17.9 Å². The molecular weight excluding hydrogens is 298 g/mol. The molecule has 0 aliphatic heterocycles. The molecule has 0 fully saturated rings. The molecule has 0 spiro atoms. The zero-order valence-corrected chi connectivity index (χ0v) is 13.8. The van der Waals surface area contributed by atoms with Crippen molar-refractivity contribution in [2.24, 2.45) is 5.92 Å². The molecule has 23 heavy (non-hydrogen) atoms. The van der Waals surface area contributed by atoms with Gasteiger partial charge in [0, 0.05) is 12.5 Å². The third-order valence-corrected chi connectivity index (χ3v) is 3.03. The molecule has 0 aromatic heterocycles. The van der Waals surface area contributed by atoms with Crippen LogP contribution in [0.4, 0.5) is 0 Å². The first-order valence-corrected chi connectivity index (χ1v) is 7.45. The number of hydrogen-bond donors (Lipinski definition) is 3. The van der Waals surface area contributed by atoms with Crippen molar-refractivity contribution in [1.29, 1.82) is 0 Å². The second kappa shape index (κ2) is 8.77. The molecule has 0 saturated heterocycles. The highest BCUT2D eigenvalue weighted by Crippen LogP contribution is 2.11. The molecule has 0 aliphatic rings. The Kier molecular flexibility index (Phi) is 7.05. The molecule has 3 N–H and O–H groups in total. The number of benzene rings is 1. The fourth-order valence-corrected chi connectivity index (χ4v) is 1.89. The Morgan fingerprint density at radius 2 is 1.70 bits per heavy atom. The van der Waals surface area contributed by atoms with Gasteiger partial charge in [0.05, 0.1) is 6.61 Å². The van der Waals surface area contributed by atoms with E-state index in [4.69, 9.17) is 4.74 Å². The summed E-state index contributed by atoms with van der Waals surface area (Å²) >= 11 is 0. The van der Waals surface area contributed by atoms with Crippen molar-refractivity contribution in [2.45, 2.75) is 33.7 Å². The van der Waals surface area contributed by atoms with E-state index in [9.17, 15) is 14.4 Å². The molecule has 0 unspecified atom stereocenters. The summed E-state index contributed by atoms with van der Waals surface area (Å²) in [7, 11) is 0. The van der Waals surface area contributed by atoms with Gasteiger partial charge < -0.3 is 10.1 Å². The minimum Gasteiger partial charge on any atom is -0.494 e. The first kappa shape index (κ1) is 18.5. The van der Waals surface area contributed by atoms with E-state index >= 15 is 0 Å². The van der Waals surface area contributed by atoms with Gasteiger partial charge in [0.15, 0.2) is 0 Å². The number of ether oxygens (including phenoxy) is 1. The van der Waals surface area contributed by atoms with Crippen LogP contribution in [0.1, 0.15) is 38.1 Å². The van der Waals surface area contributed by atoms with Crippen molar-refractivity contribution in [2.75, 3.05) is 6.61 Å². The van der Waals surface area contributed by atoms with Crippen LogP contribution in [0.5, 0.6) is 5.75 Å². The maximum atomic E-state index is 12.0. The van der Waals surface area contributed by atoms with E-state index in [1.807, 2.05) is 6.92 Å². The van der Waals surface area contributed by atoms with E-state index in [1.54, 1.807) is 38.1 Å². The van der Waals surface area contributed by atoms with Crippen molar-refractivity contribution in [3.8, 4) is 5.75 Å². The number of carbonyl (C=O) groups excluding carboxylic acids is 3. The molecule has 0 radical (unpaired) electrons. The SMILES string of the molecule is CCOc1ccc(C(=O)NNC(=O)[C@@H](NC(C)=O)C(C)C)cc1. The summed E-state index contributed by atoms with van der Waals surface area (Å²) in [6.45, 7) is 7.35. The van der Waals surface area contributed by atoms with Gasteiger partial charge in [0.2, 0.25) is 5.91 Å². The normalized spacial score (nSPS) is 11.5. The van der Waals surface area contributed by atoms with Gasteiger partial charge in [0.1, 0.15) is 11.8 Å². The summed E-state index contributed by atoms with van der Waals surface area (Å²) in [6, 6.07) is 5.83. The van der Waals surface area contributed by atoms with Crippen LogP contribution in [-0.4, -0.2) is 30.4 Å². The van der Waals surface area contributed by atoms with Gasteiger partial charge in [-0.3, -0.25) is 25.2 Å². The number of nitrogens with one attached hydrogen (secondary N) is 3. The number of rotatable bonds is 6. The van der Waals surface area contributed by atoms with Crippen molar-refractivity contribution in [3.05, 3.63) is 29.8 Å². The Hall–Kier alpha value is -2.57. The molecule has 3 amide bonds. The molecule has 7 nitrogen and oxygen atoms in total. The van der Waals surface area contributed by atoms with Crippen molar-refractivity contribution >= 4 is 17.7 Å². The third-order valence-electron chi connectivity index (χ3n) is 3.03. The lowest BCUT2D eigenvalue weighted by Gasteiger charge is -2.21. The molecular formula is C16H23N3O4. The van der Waals surface area contributed by atoms with Gasteiger partial charge in [0.25, 0.3) is 11.8 Å². The molecule has 1 aromatic carbocycles. The van der Waals surface area contributed by atoms with Gasteiger partial charge in [-0.05, 0) is 37.1 Å². The van der Waals surface area contributed by atoms with Crippen LogP contribution >= 0.6 is 0 Å². The summed E-state index contributed by atoms with van der Waals surface area (Å²) < 4.78 is 5.29. The summed E-state index contributed by atoms with van der Waals surface area (Å²) in [5.74, 6) is -0.683. The number of hydrazine groups is 1. The van der Waals surface area contributed by atoms with E-state index in [2.05, 4.69) is 16.2 Å². The van der Waals surface area contributed by atoms with E-state index in [1.165, 1.54) is 6.92 Å². The second-order valence-electron chi connectivity index (χ2n) is 5.32. The average molecular weight is 321 g/mol. The summed E-state index contributed by atoms with van der Waals surface area (Å²) in [5.41, 5.74) is 5.03. The van der Waals surface area contributed by atoms with Crippen LogP contribution in [0.15, 0.2) is 24.3 Å². The smallest absolute Gasteiger partial charge is 0.269 e. The zero-order valence-electron chi connectivity index (χ0n) is 13.8. The lowest BCUT2D eigenvalue weighted by molar-refractivity contribution is -0.129. The average Bonchev–Trinajstić information content (AvgIpc) is 2.50. The largest absolute Gasteiger partial charge is 0.494 e. The summed E-state index contributed by atoms with van der Waals surface area (Å²) in [6.07, 6.45) is 0. The first-order valence-electron chi connectivity index (χ1n) is 7.45. The summed E-state index contributed by atoms with van der Waals surface area (Å²) in [4.78, 5) is 35.1.